The van der Waals surface area contributed by atoms with Crippen molar-refractivity contribution in [2.24, 2.45) is 0 Å². The van der Waals surface area contributed by atoms with Crippen LogP contribution in [0.2, 0.25) is 0 Å². The van der Waals surface area contributed by atoms with E-state index >= 15 is 0 Å². The Kier molecular flexibility index (Phi) is 6.83. The molecule has 0 aliphatic carbocycles. The molecule has 0 radical (unpaired) electrons. The van der Waals surface area contributed by atoms with Crippen LogP contribution < -0.4 is 4.90 Å². The molecule has 4 aromatic heterocycles. The third-order valence-electron chi connectivity index (χ3n) is 10.5. The molecule has 0 spiro atoms. The lowest BCUT2D eigenvalue weighted by atomic mass is 9.97. The van der Waals surface area contributed by atoms with Crippen LogP contribution in [0.5, 0.6) is 0 Å². The van der Waals surface area contributed by atoms with Gasteiger partial charge >= 0.3 is 0 Å². The first-order valence-corrected chi connectivity index (χ1v) is 19.0. The van der Waals surface area contributed by atoms with Crippen molar-refractivity contribution in [1.29, 1.82) is 0 Å². The molecule has 11 nitrogen and oxygen atoms in total. The zero-order valence-electron chi connectivity index (χ0n) is 29.6. The van der Waals surface area contributed by atoms with Crippen LogP contribution in [-0.4, -0.2) is 35.9 Å². The number of anilines is 3. The molecule has 0 aliphatic rings. The fourth-order valence-electron chi connectivity index (χ4n) is 7.79. The molecule has 8 aromatic carbocycles. The summed E-state index contributed by atoms with van der Waals surface area (Å²) >= 11 is 1.67. The van der Waals surface area contributed by atoms with E-state index in [1.165, 1.54) is 10.8 Å². The summed E-state index contributed by atoms with van der Waals surface area (Å²) in [6, 6.07) is 49.5. The molecule has 0 atom stereocenters. The largest absolute Gasteiger partial charge is 0.303 e. The summed E-state index contributed by atoms with van der Waals surface area (Å²) < 4.78 is 17.3. The highest BCUT2D eigenvalue weighted by atomic mass is 32.1. The van der Waals surface area contributed by atoms with Gasteiger partial charge in [0.2, 0.25) is 0 Å². The fraction of sp³-hybridized carbons (Fsp3) is 0. The van der Waals surface area contributed by atoms with E-state index in [0.717, 1.165) is 53.8 Å². The van der Waals surface area contributed by atoms with Gasteiger partial charge in [0.25, 0.3) is 0 Å². The first-order valence-electron chi connectivity index (χ1n) is 18.1. The van der Waals surface area contributed by atoms with Crippen molar-refractivity contribution >= 4 is 93.3 Å². The van der Waals surface area contributed by atoms with Crippen molar-refractivity contribution in [2.75, 3.05) is 4.90 Å². The molecule has 0 amide bonds. The third kappa shape index (κ3) is 5.01. The Hall–Kier alpha value is -7.83. The molecule has 0 fully saturated rings. The zero-order valence-corrected chi connectivity index (χ0v) is 30.4. The van der Waals surface area contributed by atoms with Crippen LogP contribution in [0.15, 0.2) is 159 Å². The number of rotatable bonds is 6. The Bertz CT molecular complexity index is 3480. The first kappa shape index (κ1) is 31.5. The number of fused-ring (bicyclic) bond motifs is 6. The quantitative estimate of drug-likeness (QED) is 0.150. The molecule has 0 N–H and O–H groups in total. The van der Waals surface area contributed by atoms with Crippen LogP contribution in [0.3, 0.4) is 0 Å². The summed E-state index contributed by atoms with van der Waals surface area (Å²) in [4.78, 5) is 6.84. The SMILES string of the molecule is c1ccc2cc3cc(-c4ccc(N(c5cccc6nonc56)c5ccc(-c6ccc(-c7nc8ccccc8s7)cc6)c6nonc56)c5nonc45)ccc3cc2c1. The topological polar surface area (TPSA) is 133 Å². The van der Waals surface area contributed by atoms with E-state index in [4.69, 9.17) is 18.9 Å². The Morgan fingerprint density at radius 2 is 0.947 bits per heavy atom. The minimum Gasteiger partial charge on any atom is -0.303 e. The van der Waals surface area contributed by atoms with Gasteiger partial charge in [0, 0.05) is 16.7 Å². The predicted molar refractivity (Wildman–Crippen MR) is 222 cm³/mol. The summed E-state index contributed by atoms with van der Waals surface area (Å²) in [5.41, 5.74) is 11.1. The van der Waals surface area contributed by atoms with E-state index in [1.54, 1.807) is 11.3 Å². The minimum absolute atomic E-state index is 0.534. The summed E-state index contributed by atoms with van der Waals surface area (Å²) in [6.45, 7) is 0. The smallest absolute Gasteiger partial charge is 0.159 e. The number of hydrogen-bond donors (Lipinski definition) is 0. The van der Waals surface area contributed by atoms with Crippen LogP contribution in [0.1, 0.15) is 0 Å². The number of thiazole rings is 1. The van der Waals surface area contributed by atoms with E-state index in [9.17, 15) is 0 Å². The number of benzene rings is 8. The van der Waals surface area contributed by atoms with Gasteiger partial charge in [-0.15, -0.1) is 11.3 Å². The number of para-hydroxylation sites is 1. The van der Waals surface area contributed by atoms with Gasteiger partial charge in [0.1, 0.15) is 21.6 Å². The first-order chi connectivity index (χ1) is 28.2. The van der Waals surface area contributed by atoms with E-state index < -0.39 is 0 Å². The molecule has 0 aliphatic heterocycles. The molecule has 0 saturated heterocycles. The maximum absolute atomic E-state index is 5.49. The van der Waals surface area contributed by atoms with Crippen LogP contribution in [0.4, 0.5) is 17.1 Å². The molecule has 57 heavy (non-hydrogen) atoms. The molecular weight excluding hydrogens is 733 g/mol. The van der Waals surface area contributed by atoms with E-state index in [-0.39, 0.29) is 0 Å². The Morgan fingerprint density at radius 1 is 0.386 bits per heavy atom. The van der Waals surface area contributed by atoms with Gasteiger partial charge in [-0.25, -0.2) is 18.9 Å². The summed E-state index contributed by atoms with van der Waals surface area (Å²) in [6.07, 6.45) is 0. The van der Waals surface area contributed by atoms with Crippen molar-refractivity contribution in [3.05, 3.63) is 146 Å². The lowest BCUT2D eigenvalue weighted by molar-refractivity contribution is 0.315. The second-order valence-electron chi connectivity index (χ2n) is 13.8. The highest BCUT2D eigenvalue weighted by Gasteiger charge is 2.27. The fourth-order valence-corrected chi connectivity index (χ4v) is 8.76. The second kappa shape index (κ2) is 12.3. The summed E-state index contributed by atoms with van der Waals surface area (Å²) in [7, 11) is 0. The van der Waals surface area contributed by atoms with Gasteiger partial charge in [0.05, 0.1) is 27.3 Å². The summed E-state index contributed by atoms with van der Waals surface area (Å²) in [5.74, 6) is 0. The van der Waals surface area contributed by atoms with Gasteiger partial charge in [-0.3, -0.25) is 0 Å². The third-order valence-corrected chi connectivity index (χ3v) is 11.6. The van der Waals surface area contributed by atoms with E-state index in [2.05, 4.69) is 116 Å². The van der Waals surface area contributed by atoms with Crippen LogP contribution >= 0.6 is 11.3 Å². The monoisotopic (exact) mass is 756 g/mol. The Balaban J connectivity index is 0.998. The number of aromatic nitrogens is 7. The molecular formula is C45H24N8O3S. The molecule has 12 heteroatoms. The van der Waals surface area contributed by atoms with Crippen LogP contribution in [0, 0.1) is 0 Å². The molecule has 0 saturated carbocycles. The minimum atomic E-state index is 0.534. The van der Waals surface area contributed by atoms with E-state index in [0.29, 0.717) is 50.2 Å². The lowest BCUT2D eigenvalue weighted by Gasteiger charge is -2.25. The van der Waals surface area contributed by atoms with Gasteiger partial charge in [-0.05, 0) is 130 Å². The van der Waals surface area contributed by atoms with Gasteiger partial charge in [0.15, 0.2) is 16.6 Å². The van der Waals surface area contributed by atoms with Gasteiger partial charge < -0.3 is 4.90 Å². The van der Waals surface area contributed by atoms with Crippen molar-refractivity contribution < 1.29 is 13.9 Å². The molecule has 268 valence electrons. The van der Waals surface area contributed by atoms with Crippen molar-refractivity contribution in [3.8, 4) is 32.8 Å². The highest BCUT2D eigenvalue weighted by molar-refractivity contribution is 7.21. The normalized spacial score (nSPS) is 11.9. The molecule has 12 aromatic rings. The maximum Gasteiger partial charge on any atom is 0.159 e. The average Bonchev–Trinajstić information content (AvgIpc) is 4.10. The zero-order chi connectivity index (χ0) is 37.5. The second-order valence-corrected chi connectivity index (χ2v) is 14.8. The van der Waals surface area contributed by atoms with Crippen LogP contribution in [0.25, 0.3) is 97.7 Å². The Labute approximate surface area is 325 Å². The lowest BCUT2D eigenvalue weighted by Crippen LogP contribution is -2.12. The average molecular weight is 757 g/mol. The van der Waals surface area contributed by atoms with Gasteiger partial charge in [-0.1, -0.05) is 78.9 Å². The molecule has 12 rings (SSSR count). The van der Waals surface area contributed by atoms with Crippen molar-refractivity contribution in [2.45, 2.75) is 0 Å². The highest BCUT2D eigenvalue weighted by Crippen LogP contribution is 2.46. The standard InChI is InChI=1S/C45H24N8O3S/c1-2-7-28-23-31-24-30(17-16-29(31)22-27(28)6-1)33-19-21-38(44-41(33)49-56-52-44)53(36-10-5-9-35-42(36)50-54-47-35)37-20-18-32(40-43(37)51-55-48-40)25-12-14-26(15-13-25)45-46-34-8-3-4-11-39(34)57-45/h1-24H. The molecule has 0 unspecified atom stereocenters. The number of nitrogens with zero attached hydrogens (tertiary/aromatic N) is 8. The predicted octanol–water partition coefficient (Wildman–Crippen LogP) is 11.7. The van der Waals surface area contributed by atoms with E-state index in [1.807, 2.05) is 65.6 Å². The molecule has 4 heterocycles. The van der Waals surface area contributed by atoms with Crippen molar-refractivity contribution in [3.63, 3.8) is 0 Å². The Morgan fingerprint density at radius 3 is 1.70 bits per heavy atom. The summed E-state index contributed by atoms with van der Waals surface area (Å²) in [5, 5.41) is 31.9. The van der Waals surface area contributed by atoms with Gasteiger partial charge in [-0.2, -0.15) is 0 Å². The maximum atomic E-state index is 5.49. The molecule has 0 bridgehead atoms. The number of hydrogen-bond acceptors (Lipinski definition) is 12. The van der Waals surface area contributed by atoms with Crippen LogP contribution in [-0.2, 0) is 0 Å². The van der Waals surface area contributed by atoms with Crippen molar-refractivity contribution in [1.82, 2.24) is 35.9 Å².